The van der Waals surface area contributed by atoms with Crippen LogP contribution in [0.3, 0.4) is 0 Å². The van der Waals surface area contributed by atoms with E-state index < -0.39 is 0 Å². The summed E-state index contributed by atoms with van der Waals surface area (Å²) < 4.78 is 5.59. The van der Waals surface area contributed by atoms with Gasteiger partial charge in [0.05, 0.1) is 16.3 Å². The lowest BCUT2D eigenvalue weighted by Gasteiger charge is -2.36. The van der Waals surface area contributed by atoms with E-state index in [1.807, 2.05) is 32.9 Å². The molecule has 30 heavy (non-hydrogen) atoms. The van der Waals surface area contributed by atoms with Crippen molar-refractivity contribution in [2.75, 3.05) is 13.1 Å². The molecule has 2 aromatic rings. The highest BCUT2D eigenvalue weighted by atomic mass is 32.1. The highest BCUT2D eigenvalue weighted by molar-refractivity contribution is 7.13. The largest absolute Gasteiger partial charge is 0.415 e. The Morgan fingerprint density at radius 3 is 2.27 bits per heavy atom. The molecular formula is C22H28N4O3S. The lowest BCUT2D eigenvalue weighted by atomic mass is 9.86. The highest BCUT2D eigenvalue weighted by Gasteiger charge is 2.39. The number of aryl methyl sites for hydroxylation is 3. The van der Waals surface area contributed by atoms with Crippen LogP contribution in [0.2, 0.25) is 0 Å². The number of nitrogens with zero attached hydrogens (tertiary/aromatic N) is 3. The minimum atomic E-state index is -0.351. The van der Waals surface area contributed by atoms with Gasteiger partial charge in [-0.15, -0.1) is 11.3 Å². The molecule has 1 N–H and O–H groups in total. The minimum Gasteiger partial charge on any atom is -0.406 e. The van der Waals surface area contributed by atoms with E-state index in [1.165, 1.54) is 30.5 Å². The Morgan fingerprint density at radius 2 is 1.70 bits per heavy atom. The van der Waals surface area contributed by atoms with Crippen molar-refractivity contribution in [2.24, 2.45) is 11.8 Å². The molecule has 3 heterocycles. The first kappa shape index (κ1) is 20.8. The number of nitrogens with one attached hydrogen (secondary N) is 1. The van der Waals surface area contributed by atoms with Gasteiger partial charge in [0.15, 0.2) is 5.75 Å². The van der Waals surface area contributed by atoms with Crippen molar-refractivity contribution >= 4 is 23.3 Å². The van der Waals surface area contributed by atoms with Gasteiger partial charge in [-0.25, -0.2) is 14.8 Å². The molecule has 0 bridgehead atoms. The van der Waals surface area contributed by atoms with Crippen molar-refractivity contribution in [3.8, 4) is 5.75 Å². The molecule has 1 aliphatic carbocycles. The molecule has 2 amide bonds. The van der Waals surface area contributed by atoms with Gasteiger partial charge in [-0.3, -0.25) is 4.79 Å². The first-order valence-corrected chi connectivity index (χ1v) is 11.4. The Bertz CT molecular complexity index is 912. The van der Waals surface area contributed by atoms with Crippen molar-refractivity contribution in [1.82, 2.24) is 20.2 Å². The highest BCUT2D eigenvalue weighted by Crippen LogP contribution is 2.39. The first-order chi connectivity index (χ1) is 14.4. The average Bonchev–Trinajstić information content (AvgIpc) is 3.48. The monoisotopic (exact) mass is 428 g/mol. The fourth-order valence-corrected chi connectivity index (χ4v) is 4.95. The van der Waals surface area contributed by atoms with Crippen LogP contribution in [0.4, 0.5) is 4.79 Å². The quantitative estimate of drug-likeness (QED) is 0.781. The third-order valence-electron chi connectivity index (χ3n) is 6.05. The van der Waals surface area contributed by atoms with E-state index in [0.717, 1.165) is 22.6 Å². The van der Waals surface area contributed by atoms with E-state index in [4.69, 9.17) is 4.74 Å². The number of likely N-dealkylation sites (tertiary alicyclic amines) is 1. The molecule has 2 aromatic heterocycles. The van der Waals surface area contributed by atoms with Crippen molar-refractivity contribution in [2.45, 2.75) is 52.5 Å². The second-order valence-corrected chi connectivity index (χ2v) is 9.60. The van der Waals surface area contributed by atoms with Gasteiger partial charge in [0.1, 0.15) is 6.33 Å². The number of carbonyl (C=O) groups excluding carboxylic acids is 2. The molecule has 2 aliphatic rings. The Morgan fingerprint density at radius 1 is 1.07 bits per heavy atom. The molecule has 2 fully saturated rings. The predicted molar refractivity (Wildman–Crippen MR) is 115 cm³/mol. The first-order valence-electron chi connectivity index (χ1n) is 10.5. The van der Waals surface area contributed by atoms with Crippen molar-refractivity contribution in [3.63, 3.8) is 0 Å². The van der Waals surface area contributed by atoms with Gasteiger partial charge in [-0.05, 0) is 70.4 Å². The molecule has 1 saturated heterocycles. The summed E-state index contributed by atoms with van der Waals surface area (Å²) in [6.07, 6.45) is 5.19. The zero-order valence-electron chi connectivity index (χ0n) is 17.7. The predicted octanol–water partition coefficient (Wildman–Crippen LogP) is 3.88. The van der Waals surface area contributed by atoms with Crippen molar-refractivity contribution in [3.05, 3.63) is 39.6 Å². The van der Waals surface area contributed by atoms with Crippen LogP contribution in [-0.2, 0) is 0 Å². The maximum Gasteiger partial charge on any atom is 0.415 e. The number of ether oxygens (including phenoxy) is 1. The summed E-state index contributed by atoms with van der Waals surface area (Å²) in [5.41, 5.74) is 1.32. The topological polar surface area (TPSA) is 84.4 Å². The normalized spacial score (nSPS) is 18.2. The molecule has 1 saturated carbocycles. The third kappa shape index (κ3) is 4.64. The van der Waals surface area contributed by atoms with Crippen LogP contribution in [0.5, 0.6) is 5.75 Å². The van der Waals surface area contributed by atoms with Crippen LogP contribution >= 0.6 is 11.3 Å². The second-order valence-electron chi connectivity index (χ2n) is 8.31. The third-order valence-corrected chi connectivity index (χ3v) is 7.05. The molecular weight excluding hydrogens is 400 g/mol. The number of hydrogen-bond acceptors (Lipinski definition) is 6. The maximum absolute atomic E-state index is 12.7. The Hall–Kier alpha value is -2.48. The molecule has 8 heteroatoms. The second kappa shape index (κ2) is 8.71. The van der Waals surface area contributed by atoms with E-state index in [-0.39, 0.29) is 18.0 Å². The van der Waals surface area contributed by atoms with Crippen LogP contribution in [0.15, 0.2) is 18.5 Å². The zero-order valence-corrected chi connectivity index (χ0v) is 18.5. The van der Waals surface area contributed by atoms with Crippen LogP contribution < -0.4 is 10.1 Å². The van der Waals surface area contributed by atoms with Gasteiger partial charge < -0.3 is 15.0 Å². The molecule has 160 valence electrons. The fourth-order valence-electron chi connectivity index (χ4n) is 4.18. The number of rotatable bonds is 5. The van der Waals surface area contributed by atoms with Crippen molar-refractivity contribution < 1.29 is 14.3 Å². The summed E-state index contributed by atoms with van der Waals surface area (Å²) in [7, 11) is 0. The summed E-state index contributed by atoms with van der Waals surface area (Å²) in [5.74, 6) is 1.42. The maximum atomic E-state index is 12.7. The zero-order chi connectivity index (χ0) is 21.3. The Labute approximate surface area is 180 Å². The van der Waals surface area contributed by atoms with E-state index in [1.54, 1.807) is 4.90 Å². The van der Waals surface area contributed by atoms with E-state index in [9.17, 15) is 9.59 Å². The van der Waals surface area contributed by atoms with Crippen LogP contribution in [-0.4, -0.2) is 46.0 Å². The number of thiophene rings is 1. The molecule has 1 aliphatic heterocycles. The van der Waals surface area contributed by atoms with E-state index in [2.05, 4.69) is 15.3 Å². The Kier molecular flexibility index (Phi) is 6.04. The summed E-state index contributed by atoms with van der Waals surface area (Å²) >= 11 is 1.53. The fraction of sp³-hybridized carbons (Fsp3) is 0.545. The van der Waals surface area contributed by atoms with Crippen LogP contribution in [0.1, 0.15) is 51.6 Å². The lowest BCUT2D eigenvalue weighted by Crippen LogP contribution is -2.48. The van der Waals surface area contributed by atoms with Gasteiger partial charge >= 0.3 is 6.09 Å². The Balaban J connectivity index is 1.34. The van der Waals surface area contributed by atoms with E-state index in [0.29, 0.717) is 42.1 Å². The standard InChI is InChI=1S/C22H28N4O3S/c1-13-4-7-18(30-13)21(27)25-19(16-5-6-16)17-8-10-26(11-9-17)22(28)29-20-14(2)23-12-24-15(20)3/h4,7,12,16-17,19H,5-6,8-11H2,1-3H3,(H,25,27). The summed E-state index contributed by atoms with van der Waals surface area (Å²) in [4.78, 5) is 37.2. The molecule has 1 atom stereocenters. The summed E-state index contributed by atoms with van der Waals surface area (Å²) in [6, 6.07) is 4.07. The number of amides is 2. The number of hydrogen-bond donors (Lipinski definition) is 1. The van der Waals surface area contributed by atoms with Crippen molar-refractivity contribution in [1.29, 1.82) is 0 Å². The lowest BCUT2D eigenvalue weighted by molar-refractivity contribution is 0.0874. The minimum absolute atomic E-state index is 0.0295. The molecule has 4 rings (SSSR count). The summed E-state index contributed by atoms with van der Waals surface area (Å²) in [5, 5.41) is 3.30. The molecule has 1 unspecified atom stereocenters. The molecule has 0 radical (unpaired) electrons. The molecule has 0 spiro atoms. The van der Waals surface area contributed by atoms with Gasteiger partial charge in [0.2, 0.25) is 0 Å². The van der Waals surface area contributed by atoms with Crippen LogP contribution in [0, 0.1) is 32.6 Å². The van der Waals surface area contributed by atoms with Crippen LogP contribution in [0.25, 0.3) is 0 Å². The number of aromatic nitrogens is 2. The average molecular weight is 429 g/mol. The van der Waals surface area contributed by atoms with Gasteiger partial charge in [-0.1, -0.05) is 0 Å². The number of carbonyl (C=O) groups is 2. The van der Waals surface area contributed by atoms with Gasteiger partial charge in [0, 0.05) is 24.0 Å². The molecule has 0 aromatic carbocycles. The summed E-state index contributed by atoms with van der Waals surface area (Å²) in [6.45, 7) is 6.89. The smallest absolute Gasteiger partial charge is 0.406 e. The van der Waals surface area contributed by atoms with E-state index >= 15 is 0 Å². The molecule has 7 nitrogen and oxygen atoms in total. The van der Waals surface area contributed by atoms with Gasteiger partial charge in [-0.2, -0.15) is 0 Å². The van der Waals surface area contributed by atoms with Gasteiger partial charge in [0.25, 0.3) is 5.91 Å². The number of piperidine rings is 1. The SMILES string of the molecule is Cc1ccc(C(=O)NC(C2CC2)C2CCN(C(=O)Oc3c(C)ncnc3C)CC2)s1.